The van der Waals surface area contributed by atoms with Gasteiger partial charge in [0.2, 0.25) is 10.0 Å². The summed E-state index contributed by atoms with van der Waals surface area (Å²) in [6.45, 7) is 3.69. The van der Waals surface area contributed by atoms with E-state index in [0.717, 1.165) is 0 Å². The van der Waals surface area contributed by atoms with E-state index in [1.54, 1.807) is 24.3 Å². The van der Waals surface area contributed by atoms with Crippen molar-refractivity contribution in [3.05, 3.63) is 59.7 Å². The van der Waals surface area contributed by atoms with Gasteiger partial charge in [-0.05, 0) is 57.3 Å². The number of carbonyl (C=O) groups is 2. The number of carbonyl (C=O) groups excluding carboxylic acids is 2. The SMILES string of the molecule is CNS(=O)(=O)c1ccc(C(=O)Nc2ccccc2C(=O)NC(C)C)cc1. The van der Waals surface area contributed by atoms with Crippen molar-refractivity contribution in [2.24, 2.45) is 0 Å². The van der Waals surface area contributed by atoms with Crippen LogP contribution >= 0.6 is 0 Å². The monoisotopic (exact) mass is 375 g/mol. The lowest BCUT2D eigenvalue weighted by Gasteiger charge is -2.13. The molecule has 2 aromatic rings. The predicted molar refractivity (Wildman–Crippen MR) is 99.7 cm³/mol. The van der Waals surface area contributed by atoms with Crippen molar-refractivity contribution in [2.45, 2.75) is 24.8 Å². The van der Waals surface area contributed by atoms with Crippen LogP contribution in [-0.4, -0.2) is 33.3 Å². The molecule has 0 atom stereocenters. The fraction of sp³-hybridized carbons (Fsp3) is 0.222. The van der Waals surface area contributed by atoms with Gasteiger partial charge >= 0.3 is 0 Å². The molecule has 0 fully saturated rings. The van der Waals surface area contributed by atoms with Crippen LogP contribution in [-0.2, 0) is 10.0 Å². The fourth-order valence-electron chi connectivity index (χ4n) is 2.23. The molecule has 0 aliphatic heterocycles. The molecule has 0 aliphatic carbocycles. The Labute approximate surface area is 152 Å². The Morgan fingerprint density at radius 3 is 2.12 bits per heavy atom. The van der Waals surface area contributed by atoms with Gasteiger partial charge in [-0.25, -0.2) is 13.1 Å². The minimum atomic E-state index is -3.56. The molecule has 0 saturated heterocycles. The Hall–Kier alpha value is -2.71. The molecule has 0 bridgehead atoms. The van der Waals surface area contributed by atoms with Crippen molar-refractivity contribution in [1.29, 1.82) is 0 Å². The third-order valence-electron chi connectivity index (χ3n) is 3.54. The number of hydrogen-bond acceptors (Lipinski definition) is 4. The number of para-hydroxylation sites is 1. The maximum absolute atomic E-state index is 12.4. The number of benzene rings is 2. The molecule has 0 aromatic heterocycles. The van der Waals surface area contributed by atoms with Crippen molar-refractivity contribution < 1.29 is 18.0 Å². The van der Waals surface area contributed by atoms with E-state index in [-0.39, 0.29) is 22.4 Å². The topological polar surface area (TPSA) is 104 Å². The van der Waals surface area contributed by atoms with Crippen LogP contribution in [0.15, 0.2) is 53.4 Å². The van der Waals surface area contributed by atoms with Gasteiger partial charge in [0, 0.05) is 11.6 Å². The average Bonchev–Trinajstić information content (AvgIpc) is 2.61. The van der Waals surface area contributed by atoms with Crippen LogP contribution in [0.3, 0.4) is 0 Å². The number of anilines is 1. The number of amides is 2. The smallest absolute Gasteiger partial charge is 0.255 e. The molecule has 138 valence electrons. The Bertz CT molecular complexity index is 906. The molecule has 0 unspecified atom stereocenters. The van der Waals surface area contributed by atoms with E-state index in [2.05, 4.69) is 15.4 Å². The van der Waals surface area contributed by atoms with Gasteiger partial charge in [-0.15, -0.1) is 0 Å². The second kappa shape index (κ2) is 8.11. The Kier molecular flexibility index (Phi) is 6.12. The van der Waals surface area contributed by atoms with Gasteiger partial charge in [0.25, 0.3) is 11.8 Å². The van der Waals surface area contributed by atoms with E-state index in [1.165, 1.54) is 31.3 Å². The highest BCUT2D eigenvalue weighted by Gasteiger charge is 2.16. The molecular weight excluding hydrogens is 354 g/mol. The van der Waals surface area contributed by atoms with Crippen LogP contribution in [0, 0.1) is 0 Å². The first-order valence-electron chi connectivity index (χ1n) is 7.99. The fourth-order valence-corrected chi connectivity index (χ4v) is 2.96. The van der Waals surface area contributed by atoms with Crippen LogP contribution < -0.4 is 15.4 Å². The molecule has 0 saturated carbocycles. The van der Waals surface area contributed by atoms with E-state index < -0.39 is 15.9 Å². The number of hydrogen-bond donors (Lipinski definition) is 3. The van der Waals surface area contributed by atoms with Crippen molar-refractivity contribution in [3.63, 3.8) is 0 Å². The Balaban J connectivity index is 2.22. The minimum Gasteiger partial charge on any atom is -0.350 e. The van der Waals surface area contributed by atoms with Gasteiger partial charge in [0.1, 0.15) is 0 Å². The summed E-state index contributed by atoms with van der Waals surface area (Å²) in [6, 6.07) is 12.2. The minimum absolute atomic E-state index is 0.0343. The zero-order valence-corrected chi connectivity index (χ0v) is 15.6. The van der Waals surface area contributed by atoms with Crippen LogP contribution in [0.4, 0.5) is 5.69 Å². The molecule has 8 heteroatoms. The second-order valence-corrected chi connectivity index (χ2v) is 7.75. The second-order valence-electron chi connectivity index (χ2n) is 5.86. The lowest BCUT2D eigenvalue weighted by molar-refractivity contribution is 0.0944. The average molecular weight is 375 g/mol. The zero-order valence-electron chi connectivity index (χ0n) is 14.7. The van der Waals surface area contributed by atoms with Crippen LogP contribution in [0.25, 0.3) is 0 Å². The molecule has 7 nitrogen and oxygen atoms in total. The first-order valence-corrected chi connectivity index (χ1v) is 9.48. The Morgan fingerprint density at radius 2 is 1.54 bits per heavy atom. The number of nitrogens with one attached hydrogen (secondary N) is 3. The lowest BCUT2D eigenvalue weighted by atomic mass is 10.1. The summed E-state index contributed by atoms with van der Waals surface area (Å²) >= 11 is 0. The highest BCUT2D eigenvalue weighted by atomic mass is 32.2. The quantitative estimate of drug-likeness (QED) is 0.718. The molecular formula is C18H21N3O4S. The summed E-state index contributed by atoms with van der Waals surface area (Å²) < 4.78 is 25.7. The predicted octanol–water partition coefficient (Wildman–Crippen LogP) is 1.99. The van der Waals surface area contributed by atoms with Crippen LogP contribution in [0.2, 0.25) is 0 Å². The van der Waals surface area contributed by atoms with E-state index in [9.17, 15) is 18.0 Å². The summed E-state index contributed by atoms with van der Waals surface area (Å²) in [5.41, 5.74) is 1.01. The van der Waals surface area contributed by atoms with E-state index in [0.29, 0.717) is 11.3 Å². The van der Waals surface area contributed by atoms with Crippen LogP contribution in [0.1, 0.15) is 34.6 Å². The summed E-state index contributed by atoms with van der Waals surface area (Å²) in [5, 5.41) is 5.47. The zero-order chi connectivity index (χ0) is 19.3. The first kappa shape index (κ1) is 19.6. The van der Waals surface area contributed by atoms with Gasteiger partial charge in [-0.2, -0.15) is 0 Å². The van der Waals surface area contributed by atoms with E-state index in [4.69, 9.17) is 0 Å². The molecule has 0 radical (unpaired) electrons. The summed E-state index contributed by atoms with van der Waals surface area (Å²) in [7, 11) is -2.25. The third kappa shape index (κ3) is 4.68. The molecule has 3 N–H and O–H groups in total. The number of rotatable bonds is 6. The molecule has 26 heavy (non-hydrogen) atoms. The maximum atomic E-state index is 12.4. The standard InChI is InChI=1S/C18H21N3O4S/c1-12(2)20-18(23)15-6-4-5-7-16(15)21-17(22)13-8-10-14(11-9-13)26(24,25)19-3/h4-12,19H,1-3H3,(H,20,23)(H,21,22). The van der Waals surface area contributed by atoms with Crippen molar-refractivity contribution >= 4 is 27.5 Å². The summed E-state index contributed by atoms with van der Waals surface area (Å²) in [4.78, 5) is 24.7. The highest BCUT2D eigenvalue weighted by molar-refractivity contribution is 7.89. The van der Waals surface area contributed by atoms with Gasteiger partial charge in [0.05, 0.1) is 16.1 Å². The van der Waals surface area contributed by atoms with Gasteiger partial charge < -0.3 is 10.6 Å². The molecule has 0 aliphatic rings. The lowest BCUT2D eigenvalue weighted by Crippen LogP contribution is -2.31. The third-order valence-corrected chi connectivity index (χ3v) is 4.97. The maximum Gasteiger partial charge on any atom is 0.255 e. The summed E-state index contributed by atoms with van der Waals surface area (Å²) in [5.74, 6) is -0.727. The highest BCUT2D eigenvalue weighted by Crippen LogP contribution is 2.17. The largest absolute Gasteiger partial charge is 0.350 e. The first-order chi connectivity index (χ1) is 12.2. The molecule has 0 spiro atoms. The number of sulfonamides is 1. The van der Waals surface area contributed by atoms with Crippen molar-refractivity contribution in [3.8, 4) is 0 Å². The molecule has 0 heterocycles. The molecule has 2 amide bonds. The molecule has 2 rings (SSSR count). The van der Waals surface area contributed by atoms with Crippen molar-refractivity contribution in [2.75, 3.05) is 12.4 Å². The van der Waals surface area contributed by atoms with Crippen LogP contribution in [0.5, 0.6) is 0 Å². The van der Waals surface area contributed by atoms with E-state index in [1.807, 2.05) is 13.8 Å². The molecule has 2 aromatic carbocycles. The van der Waals surface area contributed by atoms with Gasteiger partial charge in [-0.3, -0.25) is 9.59 Å². The normalized spacial score (nSPS) is 11.2. The Morgan fingerprint density at radius 1 is 0.923 bits per heavy atom. The van der Waals surface area contributed by atoms with Crippen molar-refractivity contribution in [1.82, 2.24) is 10.0 Å². The van der Waals surface area contributed by atoms with E-state index >= 15 is 0 Å². The summed E-state index contributed by atoms with van der Waals surface area (Å²) in [6.07, 6.45) is 0. The van der Waals surface area contributed by atoms with Gasteiger partial charge in [-0.1, -0.05) is 12.1 Å². The van der Waals surface area contributed by atoms with Gasteiger partial charge in [0.15, 0.2) is 0 Å².